The van der Waals surface area contributed by atoms with Crippen LogP contribution in [0.2, 0.25) is 0 Å². The molecule has 1 aliphatic rings. The predicted molar refractivity (Wildman–Crippen MR) is 94.4 cm³/mol. The first-order valence-corrected chi connectivity index (χ1v) is 8.39. The molecular weight excluding hydrogens is 318 g/mol. The number of hydrogen-bond acceptors (Lipinski definition) is 4. The first kappa shape index (κ1) is 17.0. The van der Waals surface area contributed by atoms with Crippen LogP contribution in [0, 0.1) is 11.8 Å². The molecule has 0 bridgehead atoms. The van der Waals surface area contributed by atoms with Gasteiger partial charge >= 0.3 is 0 Å². The number of rotatable bonds is 4. The molecular formula is C20H21NO4. The van der Waals surface area contributed by atoms with Gasteiger partial charge in [-0.25, -0.2) is 0 Å². The van der Waals surface area contributed by atoms with E-state index >= 15 is 0 Å². The van der Waals surface area contributed by atoms with E-state index in [1.807, 2.05) is 6.92 Å². The zero-order chi connectivity index (χ0) is 18.1. The number of phenolic OH excluding ortho intramolecular Hbond substituents is 2. The van der Waals surface area contributed by atoms with E-state index in [2.05, 4.69) is 0 Å². The van der Waals surface area contributed by atoms with Crippen molar-refractivity contribution in [2.24, 2.45) is 11.8 Å². The SMILES string of the molecule is CCC(c1ccc(O)cc1)C1C(=O)N(c2ccc(O)cc2)C(=O)C1C. The summed E-state index contributed by atoms with van der Waals surface area (Å²) in [5, 5.41) is 18.9. The molecule has 0 spiro atoms. The molecule has 1 fully saturated rings. The van der Waals surface area contributed by atoms with E-state index in [1.54, 1.807) is 43.3 Å². The van der Waals surface area contributed by atoms with E-state index < -0.39 is 11.8 Å². The molecule has 2 aromatic rings. The summed E-state index contributed by atoms with van der Waals surface area (Å²) in [5.74, 6) is -1.17. The number of imide groups is 1. The summed E-state index contributed by atoms with van der Waals surface area (Å²) in [6, 6.07) is 12.9. The lowest BCUT2D eigenvalue weighted by molar-refractivity contribution is -0.122. The van der Waals surface area contributed by atoms with Gasteiger partial charge in [0.1, 0.15) is 11.5 Å². The number of benzene rings is 2. The second kappa shape index (κ2) is 6.59. The molecule has 0 saturated carbocycles. The van der Waals surface area contributed by atoms with Gasteiger partial charge in [-0.2, -0.15) is 0 Å². The Morgan fingerprint density at radius 3 is 1.96 bits per heavy atom. The van der Waals surface area contributed by atoms with Crippen LogP contribution in [0.1, 0.15) is 31.7 Å². The van der Waals surface area contributed by atoms with E-state index in [0.717, 1.165) is 5.56 Å². The van der Waals surface area contributed by atoms with Crippen LogP contribution in [0.4, 0.5) is 5.69 Å². The zero-order valence-corrected chi connectivity index (χ0v) is 14.2. The van der Waals surface area contributed by atoms with Crippen LogP contribution in [0.25, 0.3) is 0 Å². The summed E-state index contributed by atoms with van der Waals surface area (Å²) >= 11 is 0. The maximum absolute atomic E-state index is 13.0. The Balaban J connectivity index is 1.96. The van der Waals surface area contributed by atoms with Gasteiger partial charge in [0.2, 0.25) is 11.8 Å². The van der Waals surface area contributed by atoms with Gasteiger partial charge in [0.15, 0.2) is 0 Å². The fourth-order valence-electron chi connectivity index (χ4n) is 3.62. The molecule has 130 valence electrons. The van der Waals surface area contributed by atoms with Crippen molar-refractivity contribution in [2.75, 3.05) is 4.90 Å². The minimum absolute atomic E-state index is 0.0861. The third-order valence-corrected chi connectivity index (χ3v) is 4.96. The van der Waals surface area contributed by atoms with Crippen LogP contribution in [0.5, 0.6) is 11.5 Å². The van der Waals surface area contributed by atoms with Crippen molar-refractivity contribution in [3.05, 3.63) is 54.1 Å². The molecule has 3 unspecified atom stereocenters. The summed E-state index contributed by atoms with van der Waals surface area (Å²) in [4.78, 5) is 27.0. The second-order valence-corrected chi connectivity index (χ2v) is 6.45. The van der Waals surface area contributed by atoms with Crippen molar-refractivity contribution in [3.63, 3.8) is 0 Å². The first-order chi connectivity index (χ1) is 11.9. The predicted octanol–water partition coefficient (Wildman–Crippen LogP) is 3.42. The highest BCUT2D eigenvalue weighted by Gasteiger charge is 2.49. The highest BCUT2D eigenvalue weighted by Crippen LogP contribution is 2.41. The molecule has 0 radical (unpaired) electrons. The number of nitrogens with zero attached hydrogens (tertiary/aromatic N) is 1. The van der Waals surface area contributed by atoms with Gasteiger partial charge in [-0.3, -0.25) is 14.5 Å². The Bertz CT molecular complexity index is 782. The Kier molecular flexibility index (Phi) is 4.49. The largest absolute Gasteiger partial charge is 0.508 e. The Hall–Kier alpha value is -2.82. The monoisotopic (exact) mass is 339 g/mol. The zero-order valence-electron chi connectivity index (χ0n) is 14.2. The maximum atomic E-state index is 13.0. The van der Waals surface area contributed by atoms with E-state index in [9.17, 15) is 19.8 Å². The lowest BCUT2D eigenvalue weighted by Gasteiger charge is -2.23. The summed E-state index contributed by atoms with van der Waals surface area (Å²) in [6.45, 7) is 3.78. The van der Waals surface area contributed by atoms with Crippen LogP contribution in [-0.2, 0) is 9.59 Å². The lowest BCUT2D eigenvalue weighted by Crippen LogP contribution is -2.31. The molecule has 1 aliphatic heterocycles. The van der Waals surface area contributed by atoms with Crippen molar-refractivity contribution >= 4 is 17.5 Å². The molecule has 1 heterocycles. The normalized spacial score (nSPS) is 21.6. The molecule has 5 nitrogen and oxygen atoms in total. The van der Waals surface area contributed by atoms with Crippen LogP contribution in [0.3, 0.4) is 0 Å². The highest BCUT2D eigenvalue weighted by molar-refractivity contribution is 6.22. The molecule has 2 amide bonds. The molecule has 2 aromatic carbocycles. The van der Waals surface area contributed by atoms with E-state index in [-0.39, 0.29) is 29.2 Å². The van der Waals surface area contributed by atoms with Crippen LogP contribution in [-0.4, -0.2) is 22.0 Å². The fraction of sp³-hybridized carbons (Fsp3) is 0.300. The van der Waals surface area contributed by atoms with E-state index in [0.29, 0.717) is 12.1 Å². The summed E-state index contributed by atoms with van der Waals surface area (Å²) in [6.07, 6.45) is 0.711. The smallest absolute Gasteiger partial charge is 0.238 e. The van der Waals surface area contributed by atoms with Gasteiger partial charge < -0.3 is 10.2 Å². The molecule has 3 rings (SSSR count). The van der Waals surface area contributed by atoms with Gasteiger partial charge in [0.25, 0.3) is 0 Å². The Morgan fingerprint density at radius 2 is 1.44 bits per heavy atom. The number of phenols is 2. The van der Waals surface area contributed by atoms with Gasteiger partial charge in [-0.15, -0.1) is 0 Å². The number of carbonyl (C=O) groups is 2. The van der Waals surface area contributed by atoms with Crippen LogP contribution >= 0.6 is 0 Å². The lowest BCUT2D eigenvalue weighted by atomic mass is 9.78. The van der Waals surface area contributed by atoms with E-state index in [1.165, 1.54) is 17.0 Å². The van der Waals surface area contributed by atoms with Gasteiger partial charge in [-0.1, -0.05) is 26.0 Å². The Labute approximate surface area is 146 Å². The Morgan fingerprint density at radius 1 is 0.920 bits per heavy atom. The van der Waals surface area contributed by atoms with Crippen molar-refractivity contribution < 1.29 is 19.8 Å². The topological polar surface area (TPSA) is 77.8 Å². The minimum atomic E-state index is -0.448. The van der Waals surface area contributed by atoms with Crippen molar-refractivity contribution in [1.29, 1.82) is 0 Å². The van der Waals surface area contributed by atoms with Gasteiger partial charge in [0.05, 0.1) is 11.6 Å². The van der Waals surface area contributed by atoms with Crippen molar-refractivity contribution in [1.82, 2.24) is 0 Å². The van der Waals surface area contributed by atoms with Crippen LogP contribution < -0.4 is 4.90 Å². The molecule has 25 heavy (non-hydrogen) atoms. The van der Waals surface area contributed by atoms with Crippen molar-refractivity contribution in [2.45, 2.75) is 26.2 Å². The number of carbonyl (C=O) groups excluding carboxylic acids is 2. The highest BCUT2D eigenvalue weighted by atomic mass is 16.3. The molecule has 5 heteroatoms. The quantitative estimate of drug-likeness (QED) is 0.837. The number of amides is 2. The van der Waals surface area contributed by atoms with Crippen molar-refractivity contribution in [3.8, 4) is 11.5 Å². The number of aromatic hydroxyl groups is 2. The third kappa shape index (κ3) is 2.97. The maximum Gasteiger partial charge on any atom is 0.238 e. The molecule has 1 saturated heterocycles. The standard InChI is InChI=1S/C20H21NO4/c1-3-17(13-4-8-15(22)9-5-13)18-12(2)19(24)21(20(18)25)14-6-10-16(23)11-7-14/h4-12,17-18,22-23H,3H2,1-2H3. The molecule has 3 atom stereocenters. The summed E-state index contributed by atoms with van der Waals surface area (Å²) < 4.78 is 0. The summed E-state index contributed by atoms with van der Waals surface area (Å²) in [7, 11) is 0. The molecule has 2 N–H and O–H groups in total. The average molecular weight is 339 g/mol. The van der Waals surface area contributed by atoms with E-state index in [4.69, 9.17) is 0 Å². The fourth-order valence-corrected chi connectivity index (χ4v) is 3.62. The van der Waals surface area contributed by atoms with Crippen LogP contribution in [0.15, 0.2) is 48.5 Å². The molecule has 0 aromatic heterocycles. The van der Waals surface area contributed by atoms with Gasteiger partial charge in [-0.05, 0) is 54.3 Å². The molecule has 0 aliphatic carbocycles. The number of anilines is 1. The van der Waals surface area contributed by atoms with Gasteiger partial charge in [0, 0.05) is 5.92 Å². The third-order valence-electron chi connectivity index (χ3n) is 4.96. The second-order valence-electron chi connectivity index (χ2n) is 6.45. The number of hydrogen-bond donors (Lipinski definition) is 2. The summed E-state index contributed by atoms with van der Waals surface area (Å²) in [5.41, 5.74) is 1.41. The average Bonchev–Trinajstić information content (AvgIpc) is 2.82. The minimum Gasteiger partial charge on any atom is -0.508 e. The first-order valence-electron chi connectivity index (χ1n) is 8.39.